The summed E-state index contributed by atoms with van der Waals surface area (Å²) in [5, 5.41) is 8.46. The first-order valence-electron chi connectivity index (χ1n) is 4.24. The summed E-state index contributed by atoms with van der Waals surface area (Å²) >= 11 is 1.53. The number of nitriles is 1. The molecule has 0 aromatic carbocycles. The lowest BCUT2D eigenvalue weighted by molar-refractivity contribution is -0.275. The lowest BCUT2D eigenvalue weighted by Gasteiger charge is -2.14. The molecule has 0 aliphatic heterocycles. The molecule has 0 unspecified atom stereocenters. The average molecular weight is 360 g/mol. The zero-order chi connectivity index (χ0) is 13.1. The van der Waals surface area contributed by atoms with Crippen molar-refractivity contribution in [2.45, 2.75) is 19.5 Å². The first kappa shape index (κ1) is 14.0. The van der Waals surface area contributed by atoms with Crippen molar-refractivity contribution in [1.82, 2.24) is 4.98 Å². The Morgan fingerprint density at radius 3 is 2.59 bits per heavy atom. The van der Waals surface area contributed by atoms with Gasteiger partial charge >= 0.3 is 6.36 Å². The molecule has 0 spiro atoms. The minimum atomic E-state index is -4.90. The van der Waals surface area contributed by atoms with Gasteiger partial charge in [-0.25, -0.2) is 4.39 Å². The molecule has 1 aromatic rings. The average Bonchev–Trinajstić information content (AvgIpc) is 2.22. The molecule has 0 aliphatic rings. The van der Waals surface area contributed by atoms with E-state index in [1.54, 1.807) is 6.07 Å². The van der Waals surface area contributed by atoms with Crippen molar-refractivity contribution in [2.24, 2.45) is 0 Å². The second-order valence-corrected chi connectivity index (χ2v) is 3.97. The normalized spacial score (nSPS) is 11.1. The van der Waals surface area contributed by atoms with Crippen LogP contribution in [0, 0.1) is 14.9 Å². The standard InChI is InChI=1S/C9H5F4IN2O/c10-3-5-4-16-6(1-2-15)8(7(5)14)17-9(11,12)13/h4H,1,3H2. The molecular weight excluding hydrogens is 355 g/mol. The van der Waals surface area contributed by atoms with E-state index in [-0.39, 0.29) is 21.2 Å². The van der Waals surface area contributed by atoms with Crippen LogP contribution in [0.25, 0.3) is 0 Å². The van der Waals surface area contributed by atoms with Gasteiger partial charge < -0.3 is 4.74 Å². The Bertz CT molecular complexity index is 456. The number of aromatic nitrogens is 1. The lowest BCUT2D eigenvalue weighted by atomic mass is 10.2. The van der Waals surface area contributed by atoms with E-state index in [9.17, 15) is 17.6 Å². The summed E-state index contributed by atoms with van der Waals surface area (Å²) < 4.78 is 52.7. The fourth-order valence-electron chi connectivity index (χ4n) is 1.06. The monoisotopic (exact) mass is 360 g/mol. The number of rotatable bonds is 3. The van der Waals surface area contributed by atoms with E-state index in [1.807, 2.05) is 0 Å². The Hall–Kier alpha value is -1.11. The first-order chi connectivity index (χ1) is 7.89. The maximum atomic E-state index is 12.5. The summed E-state index contributed by atoms with van der Waals surface area (Å²) in [5.74, 6) is -0.602. The van der Waals surface area contributed by atoms with Crippen LogP contribution in [-0.4, -0.2) is 11.3 Å². The highest BCUT2D eigenvalue weighted by atomic mass is 127. The van der Waals surface area contributed by atoms with Gasteiger partial charge in [-0.2, -0.15) is 5.26 Å². The zero-order valence-electron chi connectivity index (χ0n) is 8.18. The highest BCUT2D eigenvalue weighted by molar-refractivity contribution is 14.1. The summed E-state index contributed by atoms with van der Waals surface area (Å²) in [6, 6.07) is 1.67. The molecule has 8 heteroatoms. The Balaban J connectivity index is 3.25. The summed E-state index contributed by atoms with van der Waals surface area (Å²) in [5.41, 5.74) is -0.169. The van der Waals surface area contributed by atoms with Crippen molar-refractivity contribution >= 4 is 22.6 Å². The van der Waals surface area contributed by atoms with Crippen LogP contribution < -0.4 is 4.74 Å². The predicted octanol–water partition coefficient (Wildman–Crippen LogP) is 3.12. The van der Waals surface area contributed by atoms with Crippen molar-refractivity contribution in [1.29, 1.82) is 5.26 Å². The summed E-state index contributed by atoms with van der Waals surface area (Å²) in [7, 11) is 0. The summed E-state index contributed by atoms with van der Waals surface area (Å²) in [4.78, 5) is 3.59. The molecule has 0 bridgehead atoms. The summed E-state index contributed by atoms with van der Waals surface area (Å²) in [6.07, 6.45) is -4.15. The fraction of sp³-hybridized carbons (Fsp3) is 0.333. The quantitative estimate of drug-likeness (QED) is 0.615. The molecule has 0 fully saturated rings. The third kappa shape index (κ3) is 3.69. The van der Waals surface area contributed by atoms with E-state index in [1.165, 1.54) is 22.6 Å². The first-order valence-corrected chi connectivity index (χ1v) is 5.31. The van der Waals surface area contributed by atoms with Crippen molar-refractivity contribution in [2.75, 3.05) is 0 Å². The summed E-state index contributed by atoms with van der Waals surface area (Å²) in [6.45, 7) is -0.952. The Labute approximate surface area is 108 Å². The van der Waals surface area contributed by atoms with E-state index in [4.69, 9.17) is 5.26 Å². The second-order valence-electron chi connectivity index (χ2n) is 2.89. The van der Waals surface area contributed by atoms with Gasteiger partial charge in [-0.3, -0.25) is 4.98 Å². The highest BCUT2D eigenvalue weighted by Crippen LogP contribution is 2.32. The van der Waals surface area contributed by atoms with Crippen molar-refractivity contribution in [3.63, 3.8) is 0 Å². The molecule has 0 atom stereocenters. The van der Waals surface area contributed by atoms with Gasteiger partial charge in [0, 0.05) is 11.8 Å². The Kier molecular flexibility index (Phi) is 4.50. The number of halogens is 5. The molecular formula is C9H5F4IN2O. The topological polar surface area (TPSA) is 45.9 Å². The van der Waals surface area contributed by atoms with Gasteiger partial charge in [0.2, 0.25) is 0 Å². The van der Waals surface area contributed by atoms with Crippen LogP contribution in [0.1, 0.15) is 11.3 Å². The minimum absolute atomic E-state index is 0.00783. The van der Waals surface area contributed by atoms with Gasteiger partial charge in [0.05, 0.1) is 21.8 Å². The van der Waals surface area contributed by atoms with Crippen LogP contribution in [0.4, 0.5) is 17.6 Å². The van der Waals surface area contributed by atoms with Gasteiger partial charge in [-0.1, -0.05) is 0 Å². The van der Waals surface area contributed by atoms with Crippen LogP contribution >= 0.6 is 22.6 Å². The molecule has 1 aromatic heterocycles. The van der Waals surface area contributed by atoms with Crippen LogP contribution in [0.3, 0.4) is 0 Å². The zero-order valence-corrected chi connectivity index (χ0v) is 10.3. The van der Waals surface area contributed by atoms with Gasteiger partial charge in [-0.15, -0.1) is 13.2 Å². The largest absolute Gasteiger partial charge is 0.573 e. The Morgan fingerprint density at radius 1 is 1.47 bits per heavy atom. The van der Waals surface area contributed by atoms with Crippen LogP contribution in [-0.2, 0) is 13.1 Å². The highest BCUT2D eigenvalue weighted by Gasteiger charge is 2.34. The number of pyridine rings is 1. The van der Waals surface area contributed by atoms with Gasteiger partial charge in [-0.05, 0) is 22.6 Å². The SMILES string of the molecule is N#CCc1ncc(CF)c(I)c1OC(F)(F)F. The van der Waals surface area contributed by atoms with Gasteiger partial charge in [0.1, 0.15) is 6.67 Å². The molecule has 0 radical (unpaired) electrons. The van der Waals surface area contributed by atoms with Crippen LogP contribution in [0.5, 0.6) is 5.75 Å². The predicted molar refractivity (Wildman–Crippen MR) is 57.8 cm³/mol. The number of hydrogen-bond donors (Lipinski definition) is 0. The van der Waals surface area contributed by atoms with Gasteiger partial charge in [0.15, 0.2) is 5.75 Å². The fourth-order valence-corrected chi connectivity index (χ4v) is 1.76. The van der Waals surface area contributed by atoms with E-state index in [0.29, 0.717) is 0 Å². The van der Waals surface area contributed by atoms with Crippen molar-refractivity contribution in [3.8, 4) is 11.8 Å². The molecule has 3 nitrogen and oxygen atoms in total. The molecule has 0 aliphatic carbocycles. The molecule has 0 saturated carbocycles. The van der Waals surface area contributed by atoms with E-state index < -0.39 is 18.8 Å². The molecule has 0 N–H and O–H groups in total. The van der Waals surface area contributed by atoms with Crippen molar-refractivity contribution < 1.29 is 22.3 Å². The third-order valence-corrected chi connectivity index (χ3v) is 2.91. The maximum absolute atomic E-state index is 12.5. The number of alkyl halides is 4. The number of nitrogens with zero attached hydrogens (tertiary/aromatic N) is 2. The molecule has 0 amide bonds. The molecule has 92 valence electrons. The Morgan fingerprint density at radius 2 is 2.12 bits per heavy atom. The molecule has 17 heavy (non-hydrogen) atoms. The van der Waals surface area contributed by atoms with E-state index in [0.717, 1.165) is 6.20 Å². The van der Waals surface area contributed by atoms with E-state index >= 15 is 0 Å². The van der Waals surface area contributed by atoms with Crippen molar-refractivity contribution in [3.05, 3.63) is 21.0 Å². The third-order valence-electron chi connectivity index (χ3n) is 1.73. The van der Waals surface area contributed by atoms with Crippen LogP contribution in [0.15, 0.2) is 6.20 Å². The molecule has 1 heterocycles. The maximum Gasteiger partial charge on any atom is 0.573 e. The van der Waals surface area contributed by atoms with Gasteiger partial charge in [0.25, 0.3) is 0 Å². The molecule has 0 saturated heterocycles. The lowest BCUT2D eigenvalue weighted by Crippen LogP contribution is -2.19. The van der Waals surface area contributed by atoms with Crippen LogP contribution in [0.2, 0.25) is 0 Å². The number of ether oxygens (including phenoxy) is 1. The second kappa shape index (κ2) is 5.48. The number of hydrogen-bond acceptors (Lipinski definition) is 3. The smallest absolute Gasteiger partial charge is 0.403 e. The molecule has 1 rings (SSSR count). The minimum Gasteiger partial charge on any atom is -0.403 e. The van der Waals surface area contributed by atoms with E-state index in [2.05, 4.69) is 9.72 Å².